The standard InChI is InChI=1S/C9H9ClO.C8H9N3O2/c10-8-5-1-3-7-4-2-6-11-9(7)8;1-5(12)6-2-3-7(10-4-6)11-8(9)13/h1,3,5H,2,4,6H2;2-4H,1H3,(H3,9,10,11,13). The molecule has 7 heteroatoms. The lowest BCUT2D eigenvalue weighted by molar-refractivity contribution is 0.101. The Balaban J connectivity index is 0.000000175. The van der Waals surface area contributed by atoms with Crippen LogP contribution in [0.4, 0.5) is 10.6 Å². The molecule has 1 aliphatic heterocycles. The summed E-state index contributed by atoms with van der Waals surface area (Å²) in [6.07, 6.45) is 3.58. The molecule has 3 N–H and O–H groups in total. The number of rotatable bonds is 2. The minimum absolute atomic E-state index is 0.0712. The normalized spacial score (nSPS) is 12.1. The topological polar surface area (TPSA) is 94.3 Å². The van der Waals surface area contributed by atoms with E-state index in [0.29, 0.717) is 11.4 Å². The zero-order valence-corrected chi connectivity index (χ0v) is 14.0. The summed E-state index contributed by atoms with van der Waals surface area (Å²) >= 11 is 5.92. The summed E-state index contributed by atoms with van der Waals surface area (Å²) in [5.74, 6) is 1.15. The second kappa shape index (κ2) is 8.31. The molecule has 3 rings (SSSR count). The number of aromatic nitrogens is 1. The van der Waals surface area contributed by atoms with E-state index in [2.05, 4.69) is 16.4 Å². The number of halogens is 1. The molecule has 24 heavy (non-hydrogen) atoms. The SMILES string of the molecule is CC(=O)c1ccc(NC(N)=O)nc1.Clc1cccc2c1OCCC2. The number of hydrogen-bond acceptors (Lipinski definition) is 4. The molecular weight excluding hydrogens is 330 g/mol. The molecule has 2 aromatic rings. The molecule has 1 aromatic heterocycles. The predicted molar refractivity (Wildman–Crippen MR) is 92.7 cm³/mol. The van der Waals surface area contributed by atoms with E-state index < -0.39 is 6.03 Å². The van der Waals surface area contributed by atoms with E-state index in [9.17, 15) is 9.59 Å². The summed E-state index contributed by atoms with van der Waals surface area (Å²) < 4.78 is 5.42. The quantitative estimate of drug-likeness (QED) is 0.813. The second-order valence-electron chi connectivity index (χ2n) is 5.16. The minimum Gasteiger partial charge on any atom is -0.492 e. The lowest BCUT2D eigenvalue weighted by Crippen LogP contribution is -2.19. The third-order valence-electron chi connectivity index (χ3n) is 3.31. The van der Waals surface area contributed by atoms with Gasteiger partial charge in [0, 0.05) is 11.8 Å². The van der Waals surface area contributed by atoms with Gasteiger partial charge in [-0.3, -0.25) is 10.1 Å². The summed E-state index contributed by atoms with van der Waals surface area (Å²) in [4.78, 5) is 25.0. The average Bonchev–Trinajstić information content (AvgIpc) is 2.56. The van der Waals surface area contributed by atoms with Gasteiger partial charge in [0.15, 0.2) is 5.78 Å². The van der Waals surface area contributed by atoms with Crippen LogP contribution in [0.5, 0.6) is 5.75 Å². The smallest absolute Gasteiger partial charge is 0.317 e. The lowest BCUT2D eigenvalue weighted by Gasteiger charge is -2.17. The van der Waals surface area contributed by atoms with Crippen molar-refractivity contribution in [1.29, 1.82) is 0 Å². The Hall–Kier alpha value is -2.60. The first-order valence-corrected chi connectivity index (χ1v) is 7.79. The molecule has 1 aromatic carbocycles. The number of anilines is 1. The Morgan fingerprint density at radius 1 is 1.29 bits per heavy atom. The molecule has 2 heterocycles. The lowest BCUT2D eigenvalue weighted by atomic mass is 10.1. The highest BCUT2D eigenvalue weighted by molar-refractivity contribution is 6.32. The maximum absolute atomic E-state index is 10.8. The van der Waals surface area contributed by atoms with E-state index in [1.54, 1.807) is 6.07 Å². The number of primary amides is 1. The van der Waals surface area contributed by atoms with Gasteiger partial charge in [0.2, 0.25) is 0 Å². The number of hydrogen-bond donors (Lipinski definition) is 2. The van der Waals surface area contributed by atoms with Crippen molar-refractivity contribution < 1.29 is 14.3 Å². The summed E-state index contributed by atoms with van der Waals surface area (Å²) in [5, 5.41) is 3.03. The fourth-order valence-corrected chi connectivity index (χ4v) is 2.40. The van der Waals surface area contributed by atoms with E-state index in [-0.39, 0.29) is 5.78 Å². The number of benzene rings is 1. The van der Waals surface area contributed by atoms with Crippen molar-refractivity contribution in [2.45, 2.75) is 19.8 Å². The van der Waals surface area contributed by atoms with Gasteiger partial charge in [-0.05, 0) is 43.5 Å². The van der Waals surface area contributed by atoms with Gasteiger partial charge >= 0.3 is 6.03 Å². The van der Waals surface area contributed by atoms with Gasteiger partial charge in [-0.25, -0.2) is 9.78 Å². The van der Waals surface area contributed by atoms with Crippen LogP contribution in [0.3, 0.4) is 0 Å². The van der Waals surface area contributed by atoms with Crippen molar-refractivity contribution >= 4 is 29.2 Å². The number of nitrogens with zero attached hydrogens (tertiary/aromatic N) is 1. The summed E-state index contributed by atoms with van der Waals surface area (Å²) in [5.41, 5.74) is 6.60. The number of urea groups is 1. The number of fused-ring (bicyclic) bond motifs is 1. The number of nitrogens with two attached hydrogens (primary N) is 1. The first kappa shape index (κ1) is 17.7. The van der Waals surface area contributed by atoms with Crippen LogP contribution in [0, 0.1) is 0 Å². The number of para-hydroxylation sites is 1. The number of Topliss-reactive ketones (excluding diaryl/α,β-unsaturated/α-hetero) is 1. The molecule has 0 saturated heterocycles. The van der Waals surface area contributed by atoms with E-state index >= 15 is 0 Å². The molecule has 1 aliphatic rings. The molecule has 0 atom stereocenters. The molecule has 0 fully saturated rings. The number of pyridine rings is 1. The monoisotopic (exact) mass is 347 g/mol. The number of carbonyl (C=O) groups excluding carboxylic acids is 2. The molecule has 126 valence electrons. The molecule has 0 bridgehead atoms. The van der Waals surface area contributed by atoms with Crippen molar-refractivity contribution in [1.82, 2.24) is 4.98 Å². The van der Waals surface area contributed by atoms with E-state index in [1.807, 2.05) is 12.1 Å². The molecule has 0 unspecified atom stereocenters. The largest absolute Gasteiger partial charge is 0.492 e. The van der Waals surface area contributed by atoms with Crippen LogP contribution < -0.4 is 15.8 Å². The zero-order chi connectivity index (χ0) is 17.5. The molecule has 2 amide bonds. The molecular formula is C17H18ClN3O3. The first-order chi connectivity index (χ1) is 11.5. The number of carbonyl (C=O) groups is 2. The third-order valence-corrected chi connectivity index (χ3v) is 3.60. The van der Waals surface area contributed by atoms with E-state index in [4.69, 9.17) is 22.1 Å². The highest BCUT2D eigenvalue weighted by Gasteiger charge is 2.12. The molecule has 0 radical (unpaired) electrons. The van der Waals surface area contributed by atoms with Gasteiger partial charge in [0.05, 0.1) is 11.6 Å². The van der Waals surface area contributed by atoms with Gasteiger partial charge in [0.25, 0.3) is 0 Å². The highest BCUT2D eigenvalue weighted by Crippen LogP contribution is 2.31. The third kappa shape index (κ3) is 4.96. The van der Waals surface area contributed by atoms with Gasteiger partial charge in [-0.2, -0.15) is 0 Å². The molecule has 6 nitrogen and oxygen atoms in total. The number of amides is 2. The van der Waals surface area contributed by atoms with Crippen LogP contribution in [-0.4, -0.2) is 23.4 Å². The van der Waals surface area contributed by atoms with Crippen molar-refractivity contribution in [2.24, 2.45) is 5.73 Å². The summed E-state index contributed by atoms with van der Waals surface area (Å²) in [6, 6.07) is 8.31. The highest BCUT2D eigenvalue weighted by atomic mass is 35.5. The summed E-state index contributed by atoms with van der Waals surface area (Å²) in [7, 11) is 0. The van der Waals surface area contributed by atoms with Crippen molar-refractivity contribution in [2.75, 3.05) is 11.9 Å². The Morgan fingerprint density at radius 3 is 2.67 bits per heavy atom. The number of aryl methyl sites for hydroxylation is 1. The second-order valence-corrected chi connectivity index (χ2v) is 5.56. The van der Waals surface area contributed by atoms with Crippen molar-refractivity contribution in [3.63, 3.8) is 0 Å². The Bertz CT molecular complexity index is 732. The molecule has 0 saturated carbocycles. The van der Waals surface area contributed by atoms with Crippen LogP contribution in [-0.2, 0) is 6.42 Å². The van der Waals surface area contributed by atoms with Crippen LogP contribution in [0.2, 0.25) is 5.02 Å². The fraction of sp³-hybridized carbons (Fsp3) is 0.235. The molecule has 0 aliphatic carbocycles. The number of ketones is 1. The Kier molecular flexibility index (Phi) is 6.14. The zero-order valence-electron chi connectivity index (χ0n) is 13.2. The van der Waals surface area contributed by atoms with Gasteiger partial charge in [-0.1, -0.05) is 23.7 Å². The predicted octanol–water partition coefficient (Wildman–Crippen LogP) is 3.44. The van der Waals surface area contributed by atoms with E-state index in [1.165, 1.54) is 24.8 Å². The van der Waals surface area contributed by atoms with Crippen LogP contribution in [0.1, 0.15) is 29.3 Å². The first-order valence-electron chi connectivity index (χ1n) is 7.41. The van der Waals surface area contributed by atoms with Crippen molar-refractivity contribution in [3.8, 4) is 5.75 Å². The van der Waals surface area contributed by atoms with Gasteiger partial charge in [-0.15, -0.1) is 0 Å². The summed E-state index contributed by atoms with van der Waals surface area (Å²) in [6.45, 7) is 2.24. The Labute approximate surface area is 145 Å². The number of ether oxygens (including phenoxy) is 1. The average molecular weight is 348 g/mol. The molecule has 0 spiro atoms. The van der Waals surface area contributed by atoms with Crippen molar-refractivity contribution in [3.05, 3.63) is 52.7 Å². The maximum Gasteiger partial charge on any atom is 0.317 e. The fourth-order valence-electron chi connectivity index (χ4n) is 2.15. The number of nitrogens with one attached hydrogen (secondary N) is 1. The Morgan fingerprint density at radius 2 is 2.08 bits per heavy atom. The van der Waals surface area contributed by atoms with Crippen LogP contribution >= 0.6 is 11.6 Å². The van der Waals surface area contributed by atoms with E-state index in [0.717, 1.165) is 30.2 Å². The maximum atomic E-state index is 10.8. The van der Waals surface area contributed by atoms with Gasteiger partial charge < -0.3 is 10.5 Å². The van der Waals surface area contributed by atoms with Crippen LogP contribution in [0.25, 0.3) is 0 Å². The van der Waals surface area contributed by atoms with Gasteiger partial charge in [0.1, 0.15) is 11.6 Å². The van der Waals surface area contributed by atoms with Crippen LogP contribution in [0.15, 0.2) is 36.5 Å². The minimum atomic E-state index is -0.678.